The fourth-order valence-corrected chi connectivity index (χ4v) is 2.89. The highest BCUT2D eigenvalue weighted by Crippen LogP contribution is 2.39. The Morgan fingerprint density at radius 3 is 2.32 bits per heavy atom. The lowest BCUT2D eigenvalue weighted by Gasteiger charge is -2.16. The zero-order chi connectivity index (χ0) is 22.1. The number of guanidine groups is 1. The van der Waals surface area contributed by atoms with Gasteiger partial charge >= 0.3 is 0 Å². The molecule has 0 spiro atoms. The van der Waals surface area contributed by atoms with Gasteiger partial charge in [0.25, 0.3) is 0 Å². The monoisotopic (exact) mass is 546 g/mol. The summed E-state index contributed by atoms with van der Waals surface area (Å²) in [4.78, 5) is 8.91. The minimum atomic E-state index is -0.0732. The summed E-state index contributed by atoms with van der Waals surface area (Å²) in [5.41, 5.74) is 0.942. The van der Waals surface area contributed by atoms with E-state index in [1.54, 1.807) is 27.5 Å². The lowest BCUT2D eigenvalue weighted by atomic mass is 9.94. The van der Waals surface area contributed by atoms with Crippen LogP contribution in [0.15, 0.2) is 27.7 Å². The van der Waals surface area contributed by atoms with Crippen LogP contribution in [0, 0.1) is 0 Å². The highest BCUT2D eigenvalue weighted by atomic mass is 127. The van der Waals surface area contributed by atoms with Crippen LogP contribution in [-0.4, -0.2) is 45.4 Å². The van der Waals surface area contributed by atoms with E-state index in [0.29, 0.717) is 42.2 Å². The Morgan fingerprint density at radius 2 is 1.77 bits per heavy atom. The maximum absolute atomic E-state index is 5.81. The summed E-state index contributed by atoms with van der Waals surface area (Å²) in [7, 11) is 4.84. The molecule has 0 saturated heterocycles. The summed E-state index contributed by atoms with van der Waals surface area (Å²) in [6, 6.07) is 3.86. The third-order valence-electron chi connectivity index (χ3n) is 4.48. The number of rotatable bonds is 9. The number of halogens is 1. The van der Waals surface area contributed by atoms with Crippen molar-refractivity contribution < 1.29 is 18.6 Å². The van der Waals surface area contributed by atoms with Gasteiger partial charge in [0.2, 0.25) is 11.6 Å². The molecule has 31 heavy (non-hydrogen) atoms. The standard InChI is InChI=1S/C22H34N4O4.HI/c1-8-23-21(26-14-18-25-13-17(30-18)22(2,3)4)24-12-11-15-9-10-16(27-5)20(29-7)19(15)28-6;/h9-10,13H,8,11-12,14H2,1-7H3,(H2,23,24,26);1H. The molecule has 0 atom stereocenters. The minimum Gasteiger partial charge on any atom is -0.493 e. The molecule has 0 bridgehead atoms. The zero-order valence-corrected chi connectivity index (χ0v) is 21.8. The Kier molecular flexibility index (Phi) is 10.9. The van der Waals surface area contributed by atoms with E-state index in [4.69, 9.17) is 18.6 Å². The molecule has 2 aromatic rings. The van der Waals surface area contributed by atoms with E-state index in [1.165, 1.54) is 0 Å². The Bertz CT molecular complexity index is 847. The SMILES string of the molecule is CCNC(=NCc1ncc(C(C)(C)C)o1)NCCc1ccc(OC)c(OC)c1OC.I. The summed E-state index contributed by atoms with van der Waals surface area (Å²) < 4.78 is 22.2. The minimum absolute atomic E-state index is 0. The molecule has 0 aliphatic heterocycles. The third kappa shape index (κ3) is 7.48. The summed E-state index contributed by atoms with van der Waals surface area (Å²) in [6.45, 7) is 10.1. The number of aromatic nitrogens is 1. The maximum atomic E-state index is 5.81. The second-order valence-corrected chi connectivity index (χ2v) is 7.73. The average Bonchev–Trinajstić information content (AvgIpc) is 3.21. The van der Waals surface area contributed by atoms with Gasteiger partial charge in [0, 0.05) is 24.1 Å². The lowest BCUT2D eigenvalue weighted by Crippen LogP contribution is -2.38. The van der Waals surface area contributed by atoms with Crippen molar-refractivity contribution in [1.82, 2.24) is 15.6 Å². The summed E-state index contributed by atoms with van der Waals surface area (Å²) >= 11 is 0. The van der Waals surface area contributed by atoms with Crippen molar-refractivity contribution in [1.29, 1.82) is 0 Å². The Hall–Kier alpha value is -2.17. The average molecular weight is 546 g/mol. The predicted molar refractivity (Wildman–Crippen MR) is 133 cm³/mol. The quantitative estimate of drug-likeness (QED) is 0.280. The number of ether oxygens (including phenoxy) is 3. The van der Waals surface area contributed by atoms with Gasteiger partial charge < -0.3 is 29.3 Å². The smallest absolute Gasteiger partial charge is 0.216 e. The number of aliphatic imine (C=N–C) groups is 1. The van der Waals surface area contributed by atoms with Gasteiger partial charge in [0.15, 0.2) is 17.5 Å². The molecule has 0 radical (unpaired) electrons. The van der Waals surface area contributed by atoms with Crippen molar-refractivity contribution >= 4 is 29.9 Å². The van der Waals surface area contributed by atoms with Crippen molar-refractivity contribution in [2.24, 2.45) is 4.99 Å². The van der Waals surface area contributed by atoms with Gasteiger partial charge in [-0.05, 0) is 19.4 Å². The van der Waals surface area contributed by atoms with Crippen molar-refractivity contribution in [3.63, 3.8) is 0 Å². The normalized spacial score (nSPS) is 11.5. The molecular weight excluding hydrogens is 511 g/mol. The van der Waals surface area contributed by atoms with E-state index in [0.717, 1.165) is 24.3 Å². The first-order valence-corrected chi connectivity index (χ1v) is 10.1. The first kappa shape index (κ1) is 26.9. The summed E-state index contributed by atoms with van der Waals surface area (Å²) in [6.07, 6.45) is 2.50. The van der Waals surface area contributed by atoms with Crippen LogP contribution in [0.4, 0.5) is 0 Å². The molecule has 1 heterocycles. The lowest BCUT2D eigenvalue weighted by molar-refractivity contribution is 0.322. The third-order valence-corrected chi connectivity index (χ3v) is 4.48. The van der Waals surface area contributed by atoms with Crippen LogP contribution >= 0.6 is 24.0 Å². The van der Waals surface area contributed by atoms with E-state index in [-0.39, 0.29) is 29.4 Å². The van der Waals surface area contributed by atoms with Crippen LogP contribution in [0.25, 0.3) is 0 Å². The Balaban J connectivity index is 0.00000480. The van der Waals surface area contributed by atoms with Crippen LogP contribution < -0.4 is 24.8 Å². The highest BCUT2D eigenvalue weighted by Gasteiger charge is 2.19. The van der Waals surface area contributed by atoms with Crippen molar-refractivity contribution in [3.05, 3.63) is 35.5 Å². The predicted octanol–water partition coefficient (Wildman–Crippen LogP) is 3.91. The Labute approximate surface area is 202 Å². The molecule has 1 aromatic carbocycles. The number of oxazole rings is 1. The van der Waals surface area contributed by atoms with E-state index in [1.807, 2.05) is 19.1 Å². The molecule has 0 fully saturated rings. The fourth-order valence-electron chi connectivity index (χ4n) is 2.89. The van der Waals surface area contributed by atoms with Crippen molar-refractivity contribution in [2.75, 3.05) is 34.4 Å². The van der Waals surface area contributed by atoms with Gasteiger partial charge in [-0.15, -0.1) is 24.0 Å². The molecule has 0 unspecified atom stereocenters. The number of methoxy groups -OCH3 is 3. The molecule has 0 aliphatic rings. The maximum Gasteiger partial charge on any atom is 0.216 e. The van der Waals surface area contributed by atoms with Crippen molar-refractivity contribution in [2.45, 2.75) is 46.1 Å². The van der Waals surface area contributed by atoms with Crippen LogP contribution in [-0.2, 0) is 18.4 Å². The summed E-state index contributed by atoms with van der Waals surface area (Å²) in [5, 5.41) is 6.57. The van der Waals surface area contributed by atoms with Gasteiger partial charge in [-0.25, -0.2) is 9.98 Å². The van der Waals surface area contributed by atoms with Gasteiger partial charge in [-0.3, -0.25) is 0 Å². The zero-order valence-electron chi connectivity index (χ0n) is 19.5. The molecule has 2 rings (SSSR count). The highest BCUT2D eigenvalue weighted by molar-refractivity contribution is 14.0. The van der Waals surface area contributed by atoms with Crippen LogP contribution in [0.3, 0.4) is 0 Å². The number of nitrogens with one attached hydrogen (secondary N) is 2. The molecule has 1 aromatic heterocycles. The number of hydrogen-bond donors (Lipinski definition) is 2. The fraction of sp³-hybridized carbons (Fsp3) is 0.545. The van der Waals surface area contributed by atoms with E-state index >= 15 is 0 Å². The first-order chi connectivity index (χ1) is 14.3. The second kappa shape index (κ2) is 12.6. The van der Waals surface area contributed by atoms with Gasteiger partial charge in [-0.1, -0.05) is 26.8 Å². The van der Waals surface area contributed by atoms with E-state index < -0.39 is 0 Å². The van der Waals surface area contributed by atoms with Crippen LogP contribution in [0.1, 0.15) is 44.9 Å². The summed E-state index contributed by atoms with van der Waals surface area (Å²) in [5.74, 6) is 4.06. The molecule has 174 valence electrons. The van der Waals surface area contributed by atoms with Crippen LogP contribution in [0.5, 0.6) is 17.2 Å². The topological polar surface area (TPSA) is 90.1 Å². The second-order valence-electron chi connectivity index (χ2n) is 7.73. The number of benzene rings is 1. The molecule has 2 N–H and O–H groups in total. The number of nitrogens with zero attached hydrogens (tertiary/aromatic N) is 2. The molecule has 8 nitrogen and oxygen atoms in total. The van der Waals surface area contributed by atoms with Crippen molar-refractivity contribution in [3.8, 4) is 17.2 Å². The van der Waals surface area contributed by atoms with Crippen LogP contribution in [0.2, 0.25) is 0 Å². The first-order valence-electron chi connectivity index (χ1n) is 10.1. The largest absolute Gasteiger partial charge is 0.493 e. The van der Waals surface area contributed by atoms with Gasteiger partial charge in [-0.2, -0.15) is 0 Å². The molecule has 9 heteroatoms. The molecule has 0 saturated carbocycles. The number of hydrogen-bond acceptors (Lipinski definition) is 6. The molecule has 0 aliphatic carbocycles. The van der Waals surface area contributed by atoms with E-state index in [9.17, 15) is 0 Å². The Morgan fingerprint density at radius 1 is 1.06 bits per heavy atom. The molecular formula is C22H35IN4O4. The molecule has 0 amide bonds. The van der Waals surface area contributed by atoms with Gasteiger partial charge in [0.1, 0.15) is 12.3 Å². The van der Waals surface area contributed by atoms with Gasteiger partial charge in [0.05, 0.1) is 27.5 Å². The van der Waals surface area contributed by atoms with E-state index in [2.05, 4.69) is 41.4 Å².